The van der Waals surface area contributed by atoms with Crippen molar-refractivity contribution in [3.8, 4) is 11.5 Å². The highest BCUT2D eigenvalue weighted by Gasteiger charge is 2.15. The highest BCUT2D eigenvalue weighted by molar-refractivity contribution is 7.92. The number of aromatic nitrogens is 1. The van der Waals surface area contributed by atoms with Crippen LogP contribution in [0.2, 0.25) is 0 Å². The first kappa shape index (κ1) is 16.2. The number of benzene rings is 2. The van der Waals surface area contributed by atoms with Gasteiger partial charge >= 0.3 is 0 Å². The first-order valence-electron chi connectivity index (χ1n) is 7.81. The summed E-state index contributed by atoms with van der Waals surface area (Å²) in [4.78, 5) is 4.43. The van der Waals surface area contributed by atoms with Gasteiger partial charge < -0.3 is 14.8 Å². The average Bonchev–Trinajstić information content (AvgIpc) is 3.12. The van der Waals surface area contributed by atoms with E-state index in [0.717, 1.165) is 5.69 Å². The van der Waals surface area contributed by atoms with Gasteiger partial charge in [0, 0.05) is 11.8 Å². The summed E-state index contributed by atoms with van der Waals surface area (Å²) in [5.74, 6) is 1.95. The highest BCUT2D eigenvalue weighted by Crippen LogP contribution is 2.34. The Balaban J connectivity index is 1.47. The molecule has 0 radical (unpaired) electrons. The fraction of sp³-hybridized carbons (Fsp3) is 0.0556. The molecule has 2 aromatic carbocycles. The third-order valence-corrected chi connectivity index (χ3v) is 5.11. The van der Waals surface area contributed by atoms with Gasteiger partial charge in [0.2, 0.25) is 6.79 Å². The van der Waals surface area contributed by atoms with Crippen LogP contribution in [0, 0.1) is 0 Å². The molecule has 0 unspecified atom stereocenters. The molecule has 0 saturated carbocycles. The van der Waals surface area contributed by atoms with E-state index in [1.165, 1.54) is 18.3 Å². The molecule has 0 amide bonds. The van der Waals surface area contributed by atoms with E-state index in [9.17, 15) is 8.42 Å². The standard InChI is InChI=1S/C18H15N3O4S/c22-26(23,15-4-2-1-3-5-15)21-14-7-9-18(19-11-14)20-13-6-8-16-17(10-13)25-12-24-16/h1-11,21H,12H2,(H,19,20). The second-order valence-electron chi connectivity index (χ2n) is 5.54. The molecule has 7 nitrogen and oxygen atoms in total. The van der Waals surface area contributed by atoms with Gasteiger partial charge in [-0.15, -0.1) is 0 Å². The van der Waals surface area contributed by atoms with Crippen molar-refractivity contribution in [1.29, 1.82) is 0 Å². The molecule has 0 fully saturated rings. The van der Waals surface area contributed by atoms with Crippen molar-refractivity contribution in [1.82, 2.24) is 4.98 Å². The largest absolute Gasteiger partial charge is 0.454 e. The van der Waals surface area contributed by atoms with E-state index in [0.29, 0.717) is 23.0 Å². The Morgan fingerprint density at radius 2 is 1.65 bits per heavy atom. The molecular formula is C18H15N3O4S. The minimum atomic E-state index is -3.63. The van der Waals surface area contributed by atoms with Crippen LogP contribution >= 0.6 is 0 Å². The monoisotopic (exact) mass is 369 g/mol. The number of ether oxygens (including phenoxy) is 2. The minimum Gasteiger partial charge on any atom is -0.454 e. The van der Waals surface area contributed by atoms with Crippen LogP contribution in [0.25, 0.3) is 0 Å². The van der Waals surface area contributed by atoms with Crippen molar-refractivity contribution in [2.75, 3.05) is 16.8 Å². The molecule has 4 rings (SSSR count). The summed E-state index contributed by atoms with van der Waals surface area (Å²) in [5.41, 5.74) is 1.17. The molecule has 26 heavy (non-hydrogen) atoms. The third-order valence-electron chi connectivity index (χ3n) is 3.71. The molecule has 8 heteroatoms. The maximum Gasteiger partial charge on any atom is 0.261 e. The second kappa shape index (κ2) is 6.57. The molecule has 1 aromatic heterocycles. The van der Waals surface area contributed by atoms with Crippen LogP contribution in [-0.2, 0) is 10.0 Å². The predicted molar refractivity (Wildman–Crippen MR) is 97.3 cm³/mol. The summed E-state index contributed by atoms with van der Waals surface area (Å²) in [6, 6.07) is 17.0. The van der Waals surface area contributed by atoms with Gasteiger partial charge in [0.1, 0.15) is 5.82 Å². The van der Waals surface area contributed by atoms with Crippen LogP contribution in [0.15, 0.2) is 71.8 Å². The normalized spacial score (nSPS) is 12.6. The van der Waals surface area contributed by atoms with Crippen molar-refractivity contribution in [2.45, 2.75) is 4.90 Å². The molecule has 0 atom stereocenters. The molecule has 132 valence electrons. The molecule has 0 aliphatic carbocycles. The SMILES string of the molecule is O=S(=O)(Nc1ccc(Nc2ccc3c(c2)OCO3)nc1)c1ccccc1. The number of sulfonamides is 1. The van der Waals surface area contributed by atoms with Crippen LogP contribution in [0.4, 0.5) is 17.2 Å². The number of nitrogens with one attached hydrogen (secondary N) is 2. The van der Waals surface area contributed by atoms with E-state index in [4.69, 9.17) is 9.47 Å². The number of rotatable bonds is 5. The predicted octanol–water partition coefficient (Wildman–Crippen LogP) is 3.35. The molecular weight excluding hydrogens is 354 g/mol. The van der Waals surface area contributed by atoms with Crippen LogP contribution < -0.4 is 19.5 Å². The average molecular weight is 369 g/mol. The molecule has 0 bridgehead atoms. The van der Waals surface area contributed by atoms with Crippen LogP contribution in [0.3, 0.4) is 0 Å². The van der Waals surface area contributed by atoms with Gasteiger partial charge in [0.15, 0.2) is 11.5 Å². The van der Waals surface area contributed by atoms with E-state index in [1.807, 2.05) is 18.2 Å². The first-order valence-corrected chi connectivity index (χ1v) is 9.29. The van der Waals surface area contributed by atoms with Crippen LogP contribution in [-0.4, -0.2) is 20.2 Å². The van der Waals surface area contributed by atoms with Crippen molar-refractivity contribution in [2.24, 2.45) is 0 Å². The number of anilines is 3. The summed E-state index contributed by atoms with van der Waals surface area (Å²) in [6.45, 7) is 0.216. The van der Waals surface area contributed by atoms with Gasteiger partial charge in [-0.25, -0.2) is 13.4 Å². The van der Waals surface area contributed by atoms with E-state index in [1.54, 1.807) is 30.3 Å². The minimum absolute atomic E-state index is 0.197. The van der Waals surface area contributed by atoms with Gasteiger partial charge in [-0.3, -0.25) is 4.72 Å². The van der Waals surface area contributed by atoms with E-state index in [2.05, 4.69) is 15.0 Å². The fourth-order valence-electron chi connectivity index (χ4n) is 2.46. The lowest BCUT2D eigenvalue weighted by Gasteiger charge is -2.09. The van der Waals surface area contributed by atoms with E-state index in [-0.39, 0.29) is 11.7 Å². The summed E-state index contributed by atoms with van der Waals surface area (Å²) in [6.07, 6.45) is 1.45. The number of hydrogen-bond acceptors (Lipinski definition) is 6. The zero-order valence-electron chi connectivity index (χ0n) is 13.5. The number of nitrogens with zero attached hydrogens (tertiary/aromatic N) is 1. The smallest absolute Gasteiger partial charge is 0.261 e. The fourth-order valence-corrected chi connectivity index (χ4v) is 3.53. The molecule has 1 aliphatic heterocycles. The summed E-state index contributed by atoms with van der Waals surface area (Å²) < 4.78 is 37.7. The zero-order chi connectivity index (χ0) is 18.0. The van der Waals surface area contributed by atoms with Crippen molar-refractivity contribution in [3.05, 3.63) is 66.9 Å². The Morgan fingerprint density at radius 3 is 2.42 bits per heavy atom. The lowest BCUT2D eigenvalue weighted by atomic mass is 10.2. The Bertz CT molecular complexity index is 1020. The maximum absolute atomic E-state index is 12.3. The number of fused-ring (bicyclic) bond motifs is 1. The summed E-state index contributed by atoms with van der Waals surface area (Å²) in [7, 11) is -3.63. The molecule has 1 aliphatic rings. The summed E-state index contributed by atoms with van der Waals surface area (Å²) in [5, 5.41) is 3.13. The van der Waals surface area contributed by atoms with Crippen LogP contribution in [0.5, 0.6) is 11.5 Å². The quantitative estimate of drug-likeness (QED) is 0.717. The van der Waals surface area contributed by atoms with Crippen molar-refractivity contribution in [3.63, 3.8) is 0 Å². The number of hydrogen-bond donors (Lipinski definition) is 2. The van der Waals surface area contributed by atoms with Crippen molar-refractivity contribution < 1.29 is 17.9 Å². The summed E-state index contributed by atoms with van der Waals surface area (Å²) >= 11 is 0. The molecule has 2 heterocycles. The Morgan fingerprint density at radius 1 is 0.885 bits per heavy atom. The Hall–Kier alpha value is -3.26. The Labute approximate surface area is 150 Å². The topological polar surface area (TPSA) is 89.6 Å². The molecule has 3 aromatic rings. The second-order valence-corrected chi connectivity index (χ2v) is 7.23. The maximum atomic E-state index is 12.3. The van der Waals surface area contributed by atoms with E-state index >= 15 is 0 Å². The van der Waals surface area contributed by atoms with E-state index < -0.39 is 10.0 Å². The van der Waals surface area contributed by atoms with Crippen LogP contribution in [0.1, 0.15) is 0 Å². The molecule has 2 N–H and O–H groups in total. The van der Waals surface area contributed by atoms with Gasteiger partial charge in [-0.1, -0.05) is 18.2 Å². The first-order chi connectivity index (χ1) is 12.6. The van der Waals surface area contributed by atoms with Gasteiger partial charge in [0.25, 0.3) is 10.0 Å². The molecule has 0 saturated heterocycles. The molecule has 0 spiro atoms. The highest BCUT2D eigenvalue weighted by atomic mass is 32.2. The van der Waals surface area contributed by atoms with Gasteiger partial charge in [-0.05, 0) is 36.4 Å². The number of pyridine rings is 1. The lowest BCUT2D eigenvalue weighted by Crippen LogP contribution is -2.13. The Kier molecular flexibility index (Phi) is 4.10. The zero-order valence-corrected chi connectivity index (χ0v) is 14.4. The van der Waals surface area contributed by atoms with Gasteiger partial charge in [-0.2, -0.15) is 0 Å². The van der Waals surface area contributed by atoms with Gasteiger partial charge in [0.05, 0.1) is 16.8 Å². The van der Waals surface area contributed by atoms with Crippen molar-refractivity contribution >= 4 is 27.2 Å². The lowest BCUT2D eigenvalue weighted by molar-refractivity contribution is 0.174. The third kappa shape index (κ3) is 3.40.